The van der Waals surface area contributed by atoms with Gasteiger partial charge in [0, 0.05) is 19.4 Å². The van der Waals surface area contributed by atoms with Gasteiger partial charge in [0.25, 0.3) is 0 Å². The van der Waals surface area contributed by atoms with Gasteiger partial charge in [0.1, 0.15) is 11.6 Å². The fraction of sp³-hybridized carbons (Fsp3) is 0.0769. The number of hydrogen-bond donors (Lipinski definition) is 0. The number of rotatable bonds is 2. The third-order valence-electron chi connectivity index (χ3n) is 2.36. The summed E-state index contributed by atoms with van der Waals surface area (Å²) in [6.07, 6.45) is 1.54. The molecule has 0 bridgehead atoms. The fourth-order valence-corrected chi connectivity index (χ4v) is 3.38. The summed E-state index contributed by atoms with van der Waals surface area (Å²) in [4.78, 5) is 12.2. The first-order chi connectivity index (χ1) is 8.67. The number of fused-ring (bicyclic) bond motifs is 1. The highest BCUT2D eigenvalue weighted by atomic mass is 79.9. The molecule has 5 heteroatoms. The minimum absolute atomic E-state index is 0.00949. The van der Waals surface area contributed by atoms with Gasteiger partial charge in [-0.25, -0.2) is 4.79 Å². The number of methoxy groups -OCH3 is 1. The average molecular weight is 322 g/mol. The van der Waals surface area contributed by atoms with E-state index in [1.165, 1.54) is 18.4 Å². The van der Waals surface area contributed by atoms with Crippen LogP contribution in [0.15, 0.2) is 34.3 Å². The minimum atomic E-state index is -0.623. The second-order valence-electron chi connectivity index (χ2n) is 3.44. The van der Waals surface area contributed by atoms with Crippen LogP contribution in [0.3, 0.4) is 0 Å². The standard InChI is InChI=1S/C13H8BrNO2S/c1-17-13(16)8(7-15)6-11-12(14)9-4-2-3-5-10(9)18-11/h2-6H,1H3/b8-6+. The monoisotopic (exact) mass is 321 g/mol. The van der Waals surface area contributed by atoms with Gasteiger partial charge in [-0.3, -0.25) is 0 Å². The van der Waals surface area contributed by atoms with E-state index in [-0.39, 0.29) is 5.57 Å². The molecule has 0 aliphatic heterocycles. The van der Waals surface area contributed by atoms with Crippen molar-refractivity contribution in [2.24, 2.45) is 0 Å². The van der Waals surface area contributed by atoms with Crippen molar-refractivity contribution in [1.29, 1.82) is 5.26 Å². The summed E-state index contributed by atoms with van der Waals surface area (Å²) in [5, 5.41) is 9.99. The van der Waals surface area contributed by atoms with E-state index in [4.69, 9.17) is 5.26 Å². The molecule has 2 rings (SSSR count). The number of benzene rings is 1. The predicted octanol–water partition coefficient (Wildman–Crippen LogP) is 3.74. The van der Waals surface area contributed by atoms with Crippen molar-refractivity contribution in [2.75, 3.05) is 7.11 Å². The number of nitriles is 1. The van der Waals surface area contributed by atoms with Crippen molar-refractivity contribution in [3.8, 4) is 6.07 Å². The number of hydrogen-bond acceptors (Lipinski definition) is 4. The Labute approximate surface area is 116 Å². The molecule has 0 saturated carbocycles. The van der Waals surface area contributed by atoms with Crippen molar-refractivity contribution in [2.45, 2.75) is 0 Å². The number of esters is 1. The van der Waals surface area contributed by atoms with E-state index in [2.05, 4.69) is 20.7 Å². The van der Waals surface area contributed by atoms with Crippen LogP contribution in [0.2, 0.25) is 0 Å². The van der Waals surface area contributed by atoms with Gasteiger partial charge < -0.3 is 4.74 Å². The van der Waals surface area contributed by atoms with Crippen LogP contribution in [0.25, 0.3) is 16.2 Å². The number of ether oxygens (including phenoxy) is 1. The quantitative estimate of drug-likeness (QED) is 0.481. The molecule has 2 aromatic rings. The van der Waals surface area contributed by atoms with Crippen LogP contribution in [0, 0.1) is 11.3 Å². The third kappa shape index (κ3) is 2.30. The Hall–Kier alpha value is -1.64. The molecule has 18 heavy (non-hydrogen) atoms. The van der Waals surface area contributed by atoms with Gasteiger partial charge in [-0.05, 0) is 28.1 Å². The highest BCUT2D eigenvalue weighted by Crippen LogP contribution is 2.36. The lowest BCUT2D eigenvalue weighted by atomic mass is 10.2. The molecule has 0 amide bonds. The molecule has 0 saturated heterocycles. The van der Waals surface area contributed by atoms with Gasteiger partial charge in [0.2, 0.25) is 0 Å². The zero-order valence-electron chi connectivity index (χ0n) is 9.44. The Morgan fingerprint density at radius 1 is 1.50 bits per heavy atom. The Balaban J connectivity index is 2.55. The van der Waals surface area contributed by atoms with Gasteiger partial charge in [0.15, 0.2) is 0 Å². The van der Waals surface area contributed by atoms with Crippen LogP contribution < -0.4 is 0 Å². The molecule has 0 unspecified atom stereocenters. The lowest BCUT2D eigenvalue weighted by molar-refractivity contribution is -0.135. The van der Waals surface area contributed by atoms with Gasteiger partial charge in [-0.2, -0.15) is 5.26 Å². The van der Waals surface area contributed by atoms with Crippen molar-refractivity contribution in [3.05, 3.63) is 39.2 Å². The molecule has 0 radical (unpaired) electrons. The van der Waals surface area contributed by atoms with Crippen LogP contribution in [0.1, 0.15) is 4.88 Å². The smallest absolute Gasteiger partial charge is 0.348 e. The van der Waals surface area contributed by atoms with Crippen LogP contribution in [-0.2, 0) is 9.53 Å². The summed E-state index contributed by atoms with van der Waals surface area (Å²) >= 11 is 5.00. The summed E-state index contributed by atoms with van der Waals surface area (Å²) in [5.41, 5.74) is -0.00949. The topological polar surface area (TPSA) is 50.1 Å². The largest absolute Gasteiger partial charge is 0.465 e. The van der Waals surface area contributed by atoms with Crippen molar-refractivity contribution in [1.82, 2.24) is 0 Å². The second-order valence-corrected chi connectivity index (χ2v) is 5.31. The Kier molecular flexibility index (Phi) is 3.80. The van der Waals surface area contributed by atoms with Crippen LogP contribution in [0.5, 0.6) is 0 Å². The average Bonchev–Trinajstić information content (AvgIpc) is 2.72. The number of carbonyl (C=O) groups is 1. The van der Waals surface area contributed by atoms with E-state index in [0.29, 0.717) is 0 Å². The molecule has 1 heterocycles. The molecular weight excluding hydrogens is 314 g/mol. The summed E-state index contributed by atoms with van der Waals surface area (Å²) < 4.78 is 6.53. The van der Waals surface area contributed by atoms with E-state index < -0.39 is 5.97 Å². The molecule has 0 atom stereocenters. The molecule has 0 N–H and O–H groups in total. The van der Waals surface area contributed by atoms with E-state index in [9.17, 15) is 4.79 Å². The molecular formula is C13H8BrNO2S. The summed E-state index contributed by atoms with van der Waals surface area (Å²) in [6, 6.07) is 9.71. The molecule has 0 aliphatic rings. The van der Waals surface area contributed by atoms with Crippen molar-refractivity contribution >= 4 is 49.4 Å². The van der Waals surface area contributed by atoms with Crippen LogP contribution in [0.4, 0.5) is 0 Å². The molecule has 0 spiro atoms. The number of halogens is 1. The maximum atomic E-state index is 11.4. The van der Waals surface area contributed by atoms with Crippen molar-refractivity contribution < 1.29 is 9.53 Å². The predicted molar refractivity (Wildman–Crippen MR) is 75.1 cm³/mol. The highest BCUT2D eigenvalue weighted by Gasteiger charge is 2.12. The lowest BCUT2D eigenvalue weighted by Gasteiger charge is -1.95. The molecule has 90 valence electrons. The number of carbonyl (C=O) groups excluding carboxylic acids is 1. The second kappa shape index (κ2) is 5.34. The van der Waals surface area contributed by atoms with E-state index in [1.54, 1.807) is 6.08 Å². The Morgan fingerprint density at radius 3 is 2.83 bits per heavy atom. The van der Waals surface area contributed by atoms with E-state index in [1.807, 2.05) is 30.3 Å². The molecule has 1 aromatic carbocycles. The van der Waals surface area contributed by atoms with Gasteiger partial charge in [-0.1, -0.05) is 18.2 Å². The fourth-order valence-electron chi connectivity index (χ4n) is 1.50. The van der Waals surface area contributed by atoms with Gasteiger partial charge in [0.05, 0.1) is 7.11 Å². The maximum Gasteiger partial charge on any atom is 0.348 e. The highest BCUT2D eigenvalue weighted by molar-refractivity contribution is 9.10. The van der Waals surface area contributed by atoms with Crippen molar-refractivity contribution in [3.63, 3.8) is 0 Å². The maximum absolute atomic E-state index is 11.4. The molecule has 0 aliphatic carbocycles. The molecule has 0 fully saturated rings. The summed E-state index contributed by atoms with van der Waals surface area (Å²) in [6.45, 7) is 0. The molecule has 3 nitrogen and oxygen atoms in total. The van der Waals surface area contributed by atoms with Crippen LogP contribution >= 0.6 is 27.3 Å². The first-order valence-corrected chi connectivity index (χ1v) is 6.65. The number of nitrogens with zero attached hydrogens (tertiary/aromatic N) is 1. The first kappa shape index (κ1) is 12.8. The van der Waals surface area contributed by atoms with E-state index in [0.717, 1.165) is 19.4 Å². The summed E-state index contributed by atoms with van der Waals surface area (Å²) in [5.74, 6) is -0.623. The minimum Gasteiger partial charge on any atom is -0.465 e. The zero-order valence-corrected chi connectivity index (χ0v) is 11.8. The summed E-state index contributed by atoms with van der Waals surface area (Å²) in [7, 11) is 1.26. The zero-order chi connectivity index (χ0) is 13.1. The Morgan fingerprint density at radius 2 is 2.22 bits per heavy atom. The SMILES string of the molecule is COC(=O)/C(C#N)=C/c1sc2ccccc2c1Br. The van der Waals surface area contributed by atoms with E-state index >= 15 is 0 Å². The normalized spacial score (nSPS) is 11.3. The lowest BCUT2D eigenvalue weighted by Crippen LogP contribution is -2.02. The third-order valence-corrected chi connectivity index (χ3v) is 4.60. The number of thiophene rings is 1. The molecule has 1 aromatic heterocycles. The van der Waals surface area contributed by atoms with Gasteiger partial charge in [-0.15, -0.1) is 11.3 Å². The van der Waals surface area contributed by atoms with Gasteiger partial charge >= 0.3 is 5.97 Å². The first-order valence-electron chi connectivity index (χ1n) is 5.04. The van der Waals surface area contributed by atoms with Crippen LogP contribution in [-0.4, -0.2) is 13.1 Å². The Bertz CT molecular complexity index is 682.